The van der Waals surface area contributed by atoms with E-state index in [0.717, 1.165) is 5.56 Å². The molecule has 3 N–H and O–H groups in total. The number of aromatic hydroxyl groups is 1. The van der Waals surface area contributed by atoms with Crippen molar-refractivity contribution in [3.63, 3.8) is 0 Å². The molecule has 70 valence electrons. The Hall–Kier alpha value is -1.32. The van der Waals surface area contributed by atoms with Gasteiger partial charge in [-0.2, -0.15) is 0 Å². The maximum atomic E-state index is 9.32. The van der Waals surface area contributed by atoms with Gasteiger partial charge in [0.1, 0.15) is 5.75 Å². The fraction of sp³-hybridized carbons (Fsp3) is 0.200. The van der Waals surface area contributed by atoms with Gasteiger partial charge < -0.3 is 15.3 Å². The average molecular weight is 180 g/mol. The third-order valence-electron chi connectivity index (χ3n) is 1.64. The number of para-hydroxylation sites is 1. The highest BCUT2D eigenvalue weighted by Crippen LogP contribution is 2.16. The van der Waals surface area contributed by atoms with E-state index < -0.39 is 6.29 Å². The summed E-state index contributed by atoms with van der Waals surface area (Å²) in [6.45, 7) is 0. The predicted octanol–water partition coefficient (Wildman–Crippen LogP) is 0.802. The Morgan fingerprint density at radius 1 is 1.23 bits per heavy atom. The van der Waals surface area contributed by atoms with Gasteiger partial charge in [-0.15, -0.1) is 0 Å². The van der Waals surface area contributed by atoms with Gasteiger partial charge in [-0.25, -0.2) is 0 Å². The molecule has 1 aromatic carbocycles. The van der Waals surface area contributed by atoms with E-state index in [-0.39, 0.29) is 5.75 Å². The number of phenolic OH excluding ortho intramolecular Hbond substituents is 1. The summed E-state index contributed by atoms with van der Waals surface area (Å²) in [6, 6.07) is 6.93. The van der Waals surface area contributed by atoms with Crippen LogP contribution in [0.1, 0.15) is 5.56 Å². The van der Waals surface area contributed by atoms with Crippen LogP contribution in [-0.4, -0.2) is 21.6 Å². The minimum Gasteiger partial charge on any atom is -0.508 e. The lowest BCUT2D eigenvalue weighted by atomic mass is 10.1. The van der Waals surface area contributed by atoms with Crippen LogP contribution in [0.15, 0.2) is 36.4 Å². The van der Waals surface area contributed by atoms with Crippen LogP contribution in [-0.2, 0) is 6.42 Å². The van der Waals surface area contributed by atoms with Crippen molar-refractivity contribution in [3.05, 3.63) is 42.0 Å². The molecule has 0 amide bonds. The van der Waals surface area contributed by atoms with E-state index in [9.17, 15) is 5.11 Å². The minimum absolute atomic E-state index is 0.222. The molecule has 0 atom stereocenters. The molecule has 1 aromatic rings. The lowest BCUT2D eigenvalue weighted by molar-refractivity contribution is 0.00220. The highest BCUT2D eigenvalue weighted by Gasteiger charge is 1.96. The van der Waals surface area contributed by atoms with Crippen LogP contribution in [0.5, 0.6) is 5.75 Å². The Bertz CT molecular complexity index is 292. The monoisotopic (exact) mass is 180 g/mol. The van der Waals surface area contributed by atoms with Gasteiger partial charge in [0.2, 0.25) is 0 Å². The molecule has 1 rings (SSSR count). The number of phenols is 1. The van der Waals surface area contributed by atoms with E-state index >= 15 is 0 Å². The molecule has 0 radical (unpaired) electrons. The minimum atomic E-state index is -1.43. The Morgan fingerprint density at radius 2 is 1.92 bits per heavy atom. The lowest BCUT2D eigenvalue weighted by Gasteiger charge is -1.99. The molecule has 0 bridgehead atoms. The van der Waals surface area contributed by atoms with Crippen molar-refractivity contribution in [2.45, 2.75) is 12.7 Å². The fourth-order valence-corrected chi connectivity index (χ4v) is 1.00. The first kappa shape index (κ1) is 9.77. The van der Waals surface area contributed by atoms with Crippen LogP contribution >= 0.6 is 0 Å². The average Bonchev–Trinajstić information content (AvgIpc) is 2.08. The zero-order chi connectivity index (χ0) is 9.68. The van der Waals surface area contributed by atoms with Gasteiger partial charge in [0, 0.05) is 0 Å². The van der Waals surface area contributed by atoms with Crippen LogP contribution in [0.4, 0.5) is 0 Å². The first-order chi connectivity index (χ1) is 6.20. The van der Waals surface area contributed by atoms with Crippen molar-refractivity contribution in [3.8, 4) is 5.75 Å². The van der Waals surface area contributed by atoms with Crippen molar-refractivity contribution in [2.75, 3.05) is 0 Å². The molecule has 0 aliphatic carbocycles. The second-order valence-corrected chi connectivity index (χ2v) is 2.67. The molecule has 0 saturated heterocycles. The second kappa shape index (κ2) is 4.64. The number of hydrogen-bond acceptors (Lipinski definition) is 3. The molecule has 0 saturated carbocycles. The van der Waals surface area contributed by atoms with Crippen molar-refractivity contribution < 1.29 is 15.3 Å². The molecule has 3 nitrogen and oxygen atoms in total. The molecule has 0 aromatic heterocycles. The Morgan fingerprint density at radius 3 is 2.54 bits per heavy atom. The largest absolute Gasteiger partial charge is 0.508 e. The van der Waals surface area contributed by atoms with Gasteiger partial charge in [0.15, 0.2) is 6.29 Å². The molecule has 0 heterocycles. The van der Waals surface area contributed by atoms with Gasteiger partial charge in [-0.1, -0.05) is 24.3 Å². The maximum Gasteiger partial charge on any atom is 0.171 e. The summed E-state index contributed by atoms with van der Waals surface area (Å²) >= 11 is 0. The standard InChI is InChI=1S/C10H12O3/c11-9-6-2-1-4-8(9)5-3-7-10(12)13/h1-4,6-7,10-13H,5H2. The number of aliphatic hydroxyl groups is 2. The van der Waals surface area contributed by atoms with Crippen LogP contribution < -0.4 is 0 Å². The predicted molar refractivity (Wildman–Crippen MR) is 49.2 cm³/mol. The Labute approximate surface area is 76.6 Å². The number of benzene rings is 1. The van der Waals surface area contributed by atoms with E-state index in [0.29, 0.717) is 6.42 Å². The van der Waals surface area contributed by atoms with Crippen molar-refractivity contribution in [2.24, 2.45) is 0 Å². The van der Waals surface area contributed by atoms with Crippen molar-refractivity contribution in [1.82, 2.24) is 0 Å². The number of rotatable bonds is 3. The lowest BCUT2D eigenvalue weighted by Crippen LogP contribution is -1.97. The van der Waals surface area contributed by atoms with Gasteiger partial charge in [0.05, 0.1) is 0 Å². The van der Waals surface area contributed by atoms with E-state index in [1.54, 1.807) is 24.3 Å². The summed E-state index contributed by atoms with van der Waals surface area (Å²) in [4.78, 5) is 0. The summed E-state index contributed by atoms with van der Waals surface area (Å²) in [5.74, 6) is 0.222. The molecule has 0 aliphatic rings. The fourth-order valence-electron chi connectivity index (χ4n) is 1.00. The normalized spacial score (nSPS) is 11.3. The zero-order valence-electron chi connectivity index (χ0n) is 7.09. The molecular formula is C10H12O3. The maximum absolute atomic E-state index is 9.32. The van der Waals surface area contributed by atoms with Gasteiger partial charge >= 0.3 is 0 Å². The van der Waals surface area contributed by atoms with Crippen LogP contribution in [0.25, 0.3) is 0 Å². The van der Waals surface area contributed by atoms with Crippen molar-refractivity contribution >= 4 is 0 Å². The third kappa shape index (κ3) is 3.27. The van der Waals surface area contributed by atoms with E-state index in [2.05, 4.69) is 0 Å². The summed E-state index contributed by atoms with van der Waals surface area (Å²) in [5, 5.41) is 26.3. The molecule has 0 unspecified atom stereocenters. The molecule has 3 heteroatoms. The zero-order valence-corrected chi connectivity index (χ0v) is 7.09. The molecule has 13 heavy (non-hydrogen) atoms. The van der Waals surface area contributed by atoms with E-state index in [1.165, 1.54) is 6.08 Å². The van der Waals surface area contributed by atoms with E-state index in [1.807, 2.05) is 6.07 Å². The van der Waals surface area contributed by atoms with Gasteiger partial charge in [-0.3, -0.25) is 0 Å². The summed E-state index contributed by atoms with van der Waals surface area (Å²) in [7, 11) is 0. The Balaban J connectivity index is 2.59. The van der Waals surface area contributed by atoms with E-state index in [4.69, 9.17) is 10.2 Å². The molecule has 0 fully saturated rings. The summed E-state index contributed by atoms with van der Waals surface area (Å²) < 4.78 is 0. The third-order valence-corrected chi connectivity index (χ3v) is 1.64. The molecular weight excluding hydrogens is 168 g/mol. The quantitative estimate of drug-likeness (QED) is 0.476. The number of aliphatic hydroxyl groups excluding tert-OH is 1. The Kier molecular flexibility index (Phi) is 3.49. The smallest absolute Gasteiger partial charge is 0.171 e. The highest BCUT2D eigenvalue weighted by molar-refractivity contribution is 5.33. The topological polar surface area (TPSA) is 60.7 Å². The van der Waals surface area contributed by atoms with Gasteiger partial charge in [0.25, 0.3) is 0 Å². The highest BCUT2D eigenvalue weighted by atomic mass is 16.5. The first-order valence-corrected chi connectivity index (χ1v) is 4.00. The second-order valence-electron chi connectivity index (χ2n) is 2.67. The number of hydrogen-bond donors (Lipinski definition) is 3. The SMILES string of the molecule is Oc1ccccc1CC=CC(O)O. The number of allylic oxidation sites excluding steroid dienone is 1. The van der Waals surface area contributed by atoms with Crippen LogP contribution in [0, 0.1) is 0 Å². The summed E-state index contributed by atoms with van der Waals surface area (Å²) in [6.07, 6.45) is 1.92. The molecule has 0 spiro atoms. The van der Waals surface area contributed by atoms with Crippen molar-refractivity contribution in [1.29, 1.82) is 0 Å². The van der Waals surface area contributed by atoms with Gasteiger partial charge in [-0.05, 0) is 24.1 Å². The van der Waals surface area contributed by atoms with Crippen LogP contribution in [0.3, 0.4) is 0 Å². The summed E-state index contributed by atoms with van der Waals surface area (Å²) in [5.41, 5.74) is 0.763. The van der Waals surface area contributed by atoms with Crippen LogP contribution in [0.2, 0.25) is 0 Å². The molecule has 0 aliphatic heterocycles. The first-order valence-electron chi connectivity index (χ1n) is 4.00.